The Bertz CT molecular complexity index is 829. The van der Waals surface area contributed by atoms with E-state index in [1.165, 1.54) is 43.4 Å². The highest BCUT2D eigenvalue weighted by molar-refractivity contribution is 5.78. The second-order valence-electron chi connectivity index (χ2n) is 8.66. The Morgan fingerprint density at radius 3 is 1.85 bits per heavy atom. The molecule has 1 unspecified atom stereocenters. The molecule has 0 aliphatic carbocycles. The number of ether oxygens (including phenoxy) is 2. The summed E-state index contributed by atoms with van der Waals surface area (Å²) in [5.41, 5.74) is 3.18. The molecule has 0 fully saturated rings. The largest absolute Gasteiger partial charge is 0.425 e. The Kier molecular flexibility index (Phi) is 12.2. The van der Waals surface area contributed by atoms with Gasteiger partial charge in [-0.05, 0) is 48.1 Å². The molecule has 0 saturated carbocycles. The maximum absolute atomic E-state index is 13.3. The lowest BCUT2D eigenvalue weighted by Gasteiger charge is -2.19. The van der Waals surface area contributed by atoms with Gasteiger partial charge in [0, 0.05) is 6.61 Å². The maximum atomic E-state index is 13.3. The van der Waals surface area contributed by atoms with Gasteiger partial charge < -0.3 is 9.47 Å². The number of hydrogen-bond donors (Lipinski definition) is 0. The number of rotatable bonds is 15. The molecule has 188 valence electrons. The number of alkyl halides is 3. The minimum atomic E-state index is -4.82. The molecule has 0 N–H and O–H groups in total. The third kappa shape index (κ3) is 9.88. The fourth-order valence-electron chi connectivity index (χ4n) is 3.71. The number of halogens is 3. The van der Waals surface area contributed by atoms with Crippen molar-refractivity contribution in [3.63, 3.8) is 0 Å². The fourth-order valence-corrected chi connectivity index (χ4v) is 3.71. The van der Waals surface area contributed by atoms with Crippen molar-refractivity contribution in [1.29, 1.82) is 0 Å². The van der Waals surface area contributed by atoms with Crippen LogP contribution in [0.4, 0.5) is 13.2 Å². The molecular weight excluding hydrogens is 441 g/mol. The molecule has 0 heterocycles. The Hall–Kier alpha value is -2.34. The highest BCUT2D eigenvalue weighted by Crippen LogP contribution is 2.27. The summed E-state index contributed by atoms with van der Waals surface area (Å²) in [4.78, 5) is 12.2. The Balaban J connectivity index is 1.90. The predicted molar refractivity (Wildman–Crippen MR) is 130 cm³/mol. The molecule has 3 nitrogen and oxygen atoms in total. The lowest BCUT2D eigenvalue weighted by atomic mass is 10.0. The summed E-state index contributed by atoms with van der Waals surface area (Å²) in [5.74, 6) is -1.39. The second-order valence-corrected chi connectivity index (χ2v) is 8.66. The number of unbranched alkanes of at least 4 members (excludes halogenated alkanes) is 7. The SMILES string of the molecule is CCCCCCCOC(C(=O)Oc1ccc(-c2ccc(CCCCCC)cc2)cc1)C(F)(F)F. The lowest BCUT2D eigenvalue weighted by molar-refractivity contribution is -0.225. The number of esters is 1. The van der Waals surface area contributed by atoms with Gasteiger partial charge in [-0.25, -0.2) is 4.79 Å². The summed E-state index contributed by atoms with van der Waals surface area (Å²) in [5, 5.41) is 0. The first-order chi connectivity index (χ1) is 16.3. The van der Waals surface area contributed by atoms with Gasteiger partial charge in [0.15, 0.2) is 0 Å². The average molecular weight is 479 g/mol. The first-order valence-electron chi connectivity index (χ1n) is 12.4. The first kappa shape index (κ1) is 27.9. The van der Waals surface area contributed by atoms with Gasteiger partial charge >= 0.3 is 12.1 Å². The van der Waals surface area contributed by atoms with Gasteiger partial charge in [-0.15, -0.1) is 0 Å². The van der Waals surface area contributed by atoms with Crippen LogP contribution in [0.2, 0.25) is 0 Å². The quantitative estimate of drug-likeness (QED) is 0.147. The van der Waals surface area contributed by atoms with Crippen LogP contribution in [0.25, 0.3) is 11.1 Å². The van der Waals surface area contributed by atoms with Crippen LogP contribution >= 0.6 is 0 Å². The lowest BCUT2D eigenvalue weighted by Crippen LogP contribution is -2.42. The molecule has 2 aromatic carbocycles. The highest BCUT2D eigenvalue weighted by Gasteiger charge is 2.47. The molecule has 0 aliphatic heterocycles. The van der Waals surface area contributed by atoms with Crippen molar-refractivity contribution in [3.8, 4) is 16.9 Å². The van der Waals surface area contributed by atoms with E-state index in [2.05, 4.69) is 26.0 Å². The molecule has 0 radical (unpaired) electrons. The molecule has 0 bridgehead atoms. The number of hydrogen-bond acceptors (Lipinski definition) is 3. The molecule has 34 heavy (non-hydrogen) atoms. The van der Waals surface area contributed by atoms with Crippen LogP contribution in [-0.2, 0) is 16.0 Å². The molecule has 2 aromatic rings. The first-order valence-corrected chi connectivity index (χ1v) is 12.4. The third-order valence-electron chi connectivity index (χ3n) is 5.72. The summed E-state index contributed by atoms with van der Waals surface area (Å²) in [6.07, 6.45) is 2.79. The zero-order valence-electron chi connectivity index (χ0n) is 20.3. The van der Waals surface area contributed by atoms with Crippen LogP contribution in [0, 0.1) is 0 Å². The van der Waals surface area contributed by atoms with Crippen LogP contribution in [0.5, 0.6) is 5.75 Å². The van der Waals surface area contributed by atoms with E-state index in [-0.39, 0.29) is 12.4 Å². The van der Waals surface area contributed by atoms with E-state index in [9.17, 15) is 18.0 Å². The smallest absolute Gasteiger partial charge is 0.424 e. The predicted octanol–water partition coefficient (Wildman–Crippen LogP) is 8.30. The molecule has 2 rings (SSSR count). The van der Waals surface area contributed by atoms with Crippen LogP contribution in [0.3, 0.4) is 0 Å². The summed E-state index contributed by atoms with van der Waals surface area (Å²) >= 11 is 0. The normalized spacial score (nSPS) is 12.5. The van der Waals surface area contributed by atoms with Gasteiger partial charge in [0.2, 0.25) is 0 Å². The van der Waals surface area contributed by atoms with E-state index in [1.807, 2.05) is 12.1 Å². The zero-order valence-corrected chi connectivity index (χ0v) is 20.3. The van der Waals surface area contributed by atoms with Gasteiger partial charge in [0.25, 0.3) is 6.10 Å². The van der Waals surface area contributed by atoms with Crippen LogP contribution in [-0.4, -0.2) is 24.9 Å². The van der Waals surface area contributed by atoms with Gasteiger partial charge in [0.05, 0.1) is 0 Å². The van der Waals surface area contributed by atoms with E-state index >= 15 is 0 Å². The molecule has 1 atom stereocenters. The van der Waals surface area contributed by atoms with Crippen molar-refractivity contribution in [2.24, 2.45) is 0 Å². The van der Waals surface area contributed by atoms with E-state index in [0.29, 0.717) is 6.42 Å². The van der Waals surface area contributed by atoms with Crippen LogP contribution < -0.4 is 4.74 Å². The van der Waals surface area contributed by atoms with E-state index in [1.54, 1.807) is 12.1 Å². The van der Waals surface area contributed by atoms with E-state index in [0.717, 1.165) is 43.2 Å². The van der Waals surface area contributed by atoms with Crippen molar-refractivity contribution in [2.75, 3.05) is 6.61 Å². The maximum Gasteiger partial charge on any atom is 0.425 e. The van der Waals surface area contributed by atoms with Crippen LogP contribution in [0.1, 0.15) is 77.2 Å². The molecule has 0 aliphatic rings. The summed E-state index contributed by atoms with van der Waals surface area (Å²) in [6.45, 7) is 4.13. The third-order valence-corrected chi connectivity index (χ3v) is 5.72. The summed E-state index contributed by atoms with van der Waals surface area (Å²) < 4.78 is 49.8. The molecule has 0 amide bonds. The number of aryl methyl sites for hydroxylation is 1. The van der Waals surface area contributed by atoms with Crippen LogP contribution in [0.15, 0.2) is 48.5 Å². The number of carbonyl (C=O) groups excluding carboxylic acids is 1. The Labute approximate surface area is 201 Å². The minimum absolute atomic E-state index is 0.0575. The summed E-state index contributed by atoms with van der Waals surface area (Å²) in [7, 11) is 0. The van der Waals surface area contributed by atoms with Gasteiger partial charge in [-0.1, -0.05) is 95.2 Å². The monoisotopic (exact) mass is 478 g/mol. The van der Waals surface area contributed by atoms with Gasteiger partial charge in [-0.2, -0.15) is 13.2 Å². The average Bonchev–Trinajstić information content (AvgIpc) is 2.81. The Morgan fingerprint density at radius 1 is 0.765 bits per heavy atom. The van der Waals surface area contributed by atoms with Crippen molar-refractivity contribution in [1.82, 2.24) is 0 Å². The standard InChI is InChI=1S/C28H37F3O3/c1-3-5-7-9-11-21-33-26(28(29,30)31)27(32)34-25-19-17-24(18-20-25)23-15-13-22(14-16-23)12-10-8-6-4-2/h13-20,26H,3-12,21H2,1-2H3. The van der Waals surface area contributed by atoms with E-state index in [4.69, 9.17) is 9.47 Å². The molecule has 0 spiro atoms. The van der Waals surface area contributed by atoms with Gasteiger partial charge in [0.1, 0.15) is 5.75 Å². The van der Waals surface area contributed by atoms with Crippen molar-refractivity contribution in [2.45, 2.75) is 90.3 Å². The number of benzene rings is 2. The van der Waals surface area contributed by atoms with Crippen molar-refractivity contribution >= 4 is 5.97 Å². The molecule has 0 aromatic heterocycles. The van der Waals surface area contributed by atoms with Crippen molar-refractivity contribution < 1.29 is 27.4 Å². The highest BCUT2D eigenvalue weighted by atomic mass is 19.4. The molecule has 0 saturated heterocycles. The van der Waals surface area contributed by atoms with Crippen molar-refractivity contribution in [3.05, 3.63) is 54.1 Å². The zero-order chi connectivity index (χ0) is 24.8. The Morgan fingerprint density at radius 2 is 1.29 bits per heavy atom. The minimum Gasteiger partial charge on any atom is -0.424 e. The molecular formula is C28H37F3O3. The number of carbonyl (C=O) groups is 1. The molecule has 6 heteroatoms. The second kappa shape index (κ2) is 14.8. The summed E-state index contributed by atoms with van der Waals surface area (Å²) in [6, 6.07) is 14.7. The van der Waals surface area contributed by atoms with E-state index < -0.39 is 18.2 Å². The topological polar surface area (TPSA) is 35.5 Å². The van der Waals surface area contributed by atoms with Gasteiger partial charge in [-0.3, -0.25) is 0 Å². The fraction of sp³-hybridized carbons (Fsp3) is 0.536.